The molecule has 33 heavy (non-hydrogen) atoms. The van der Waals surface area contributed by atoms with E-state index in [1.165, 1.54) is 19.1 Å². The number of aliphatic hydroxyl groups excluding tert-OH is 1. The lowest BCUT2D eigenvalue weighted by molar-refractivity contribution is -0.132. The summed E-state index contributed by atoms with van der Waals surface area (Å²) >= 11 is 0. The Bertz CT molecular complexity index is 1250. The normalized spacial score (nSPS) is 17.3. The number of benzene rings is 2. The highest BCUT2D eigenvalue weighted by atomic mass is 16.5. The number of aromatic nitrogens is 1. The molecule has 4 rings (SSSR count). The van der Waals surface area contributed by atoms with E-state index in [9.17, 15) is 14.7 Å². The van der Waals surface area contributed by atoms with Gasteiger partial charge in [0.15, 0.2) is 0 Å². The van der Waals surface area contributed by atoms with Crippen LogP contribution in [0.3, 0.4) is 0 Å². The lowest BCUT2D eigenvalue weighted by Gasteiger charge is -2.26. The van der Waals surface area contributed by atoms with Crippen LogP contribution in [0.2, 0.25) is 0 Å². The number of carbonyl (C=O) groups is 2. The number of aliphatic hydroxyl groups is 1. The predicted octanol–water partition coefficient (Wildman–Crippen LogP) is 4.34. The van der Waals surface area contributed by atoms with Crippen molar-refractivity contribution in [3.8, 4) is 11.5 Å². The second-order valence-corrected chi connectivity index (χ2v) is 7.87. The van der Waals surface area contributed by atoms with Gasteiger partial charge in [0.2, 0.25) is 0 Å². The molecule has 2 heterocycles. The fourth-order valence-electron chi connectivity index (χ4n) is 4.18. The van der Waals surface area contributed by atoms with Crippen molar-refractivity contribution < 1.29 is 24.2 Å². The molecule has 0 spiro atoms. The van der Waals surface area contributed by atoms with Gasteiger partial charge in [-0.3, -0.25) is 19.5 Å². The maximum atomic E-state index is 13.3. The summed E-state index contributed by atoms with van der Waals surface area (Å²) in [5.74, 6) is -0.980. The maximum Gasteiger partial charge on any atom is 0.300 e. The second kappa shape index (κ2) is 8.78. The average Bonchev–Trinajstić information content (AvgIpc) is 3.08. The van der Waals surface area contributed by atoms with E-state index in [1.54, 1.807) is 42.7 Å². The molecule has 1 aliphatic rings. The van der Waals surface area contributed by atoms with Crippen LogP contribution in [0.4, 0.5) is 5.69 Å². The Hall–Kier alpha value is -4.13. The number of aryl methyl sites for hydroxylation is 2. The fraction of sp³-hybridized carbons (Fsp3) is 0.192. The molecule has 1 amide bonds. The average molecular weight is 444 g/mol. The van der Waals surface area contributed by atoms with Gasteiger partial charge in [-0.05, 0) is 60.9 Å². The van der Waals surface area contributed by atoms with Gasteiger partial charge >= 0.3 is 0 Å². The first-order valence-electron chi connectivity index (χ1n) is 10.4. The van der Waals surface area contributed by atoms with Crippen LogP contribution in [0.25, 0.3) is 5.76 Å². The van der Waals surface area contributed by atoms with E-state index < -0.39 is 17.7 Å². The molecule has 1 saturated heterocycles. The van der Waals surface area contributed by atoms with Gasteiger partial charge in [-0.1, -0.05) is 12.1 Å². The summed E-state index contributed by atoms with van der Waals surface area (Å²) in [5, 5.41) is 11.3. The number of hydrogen-bond donors (Lipinski definition) is 1. The number of Topliss-reactive ketones (excluding diaryl/α,β-unsaturated/α-hetero) is 1. The number of nitrogens with zero attached hydrogens (tertiary/aromatic N) is 2. The molecule has 1 aliphatic heterocycles. The molecular formula is C26H24N2O5. The molecular weight excluding hydrogens is 420 g/mol. The first kappa shape index (κ1) is 22.1. The number of carbonyl (C=O) groups excluding carboxylic acids is 2. The highest BCUT2D eigenvalue weighted by Crippen LogP contribution is 2.43. The molecule has 3 aromatic rings. The quantitative estimate of drug-likeness (QED) is 0.358. The minimum atomic E-state index is -0.855. The molecule has 1 unspecified atom stereocenters. The van der Waals surface area contributed by atoms with E-state index in [2.05, 4.69) is 4.98 Å². The van der Waals surface area contributed by atoms with Crippen molar-refractivity contribution in [3.63, 3.8) is 0 Å². The van der Waals surface area contributed by atoms with Crippen LogP contribution in [0.1, 0.15) is 28.3 Å². The van der Waals surface area contributed by atoms with Crippen molar-refractivity contribution in [1.29, 1.82) is 0 Å². The third-order valence-electron chi connectivity index (χ3n) is 5.59. The first-order chi connectivity index (χ1) is 15.8. The second-order valence-electron chi connectivity index (χ2n) is 7.87. The Labute approximate surface area is 191 Å². The van der Waals surface area contributed by atoms with Gasteiger partial charge in [0.1, 0.15) is 17.3 Å². The third kappa shape index (κ3) is 3.93. The number of hydrogen-bond acceptors (Lipinski definition) is 6. The van der Waals surface area contributed by atoms with Crippen molar-refractivity contribution in [2.45, 2.75) is 19.9 Å². The minimum Gasteiger partial charge on any atom is -0.507 e. The number of anilines is 1. The Morgan fingerprint density at radius 1 is 1.00 bits per heavy atom. The predicted molar refractivity (Wildman–Crippen MR) is 124 cm³/mol. The van der Waals surface area contributed by atoms with Crippen LogP contribution >= 0.6 is 0 Å². The van der Waals surface area contributed by atoms with Gasteiger partial charge in [-0.15, -0.1) is 0 Å². The zero-order chi connectivity index (χ0) is 23.7. The van der Waals surface area contributed by atoms with E-state index in [0.717, 1.165) is 11.1 Å². The van der Waals surface area contributed by atoms with Crippen LogP contribution in [-0.2, 0) is 9.59 Å². The topological polar surface area (TPSA) is 89.0 Å². The summed E-state index contributed by atoms with van der Waals surface area (Å²) in [6, 6.07) is 13.2. The standard InChI is InChI=1S/C26H24N2O5/c1-15-10-16(2)12-18(11-15)28-23(17-6-5-9-27-14-17)22(25(30)26(28)31)24(29)20-8-7-19(32-3)13-21(20)33-4/h5-14,23,29H,1-4H3/b24-22-. The highest BCUT2D eigenvalue weighted by molar-refractivity contribution is 6.51. The van der Waals surface area contributed by atoms with Crippen molar-refractivity contribution in [3.05, 3.63) is 88.8 Å². The Balaban J connectivity index is 1.97. The van der Waals surface area contributed by atoms with E-state index >= 15 is 0 Å². The van der Waals surface area contributed by atoms with Gasteiger partial charge in [0.25, 0.3) is 11.7 Å². The SMILES string of the molecule is COc1ccc(/C(O)=C2/C(=O)C(=O)N(c3cc(C)cc(C)c3)C2c2cccnc2)c(OC)c1. The monoisotopic (exact) mass is 444 g/mol. The molecule has 168 valence electrons. The molecule has 1 fully saturated rings. The van der Waals surface area contributed by atoms with E-state index in [0.29, 0.717) is 22.7 Å². The van der Waals surface area contributed by atoms with Crippen molar-refractivity contribution in [2.24, 2.45) is 0 Å². The van der Waals surface area contributed by atoms with Crippen molar-refractivity contribution in [2.75, 3.05) is 19.1 Å². The third-order valence-corrected chi connectivity index (χ3v) is 5.59. The number of methoxy groups -OCH3 is 2. The van der Waals surface area contributed by atoms with E-state index in [1.807, 2.05) is 32.0 Å². The van der Waals surface area contributed by atoms with Gasteiger partial charge in [0.05, 0.1) is 31.4 Å². The number of ketones is 1. The van der Waals surface area contributed by atoms with Gasteiger partial charge in [0, 0.05) is 24.1 Å². The van der Waals surface area contributed by atoms with Crippen LogP contribution in [0.5, 0.6) is 11.5 Å². The molecule has 0 aliphatic carbocycles. The largest absolute Gasteiger partial charge is 0.507 e. The summed E-state index contributed by atoms with van der Waals surface area (Å²) in [4.78, 5) is 32.1. The molecule has 1 N–H and O–H groups in total. The number of rotatable bonds is 5. The summed E-state index contributed by atoms with van der Waals surface area (Å²) in [6.45, 7) is 3.85. The smallest absolute Gasteiger partial charge is 0.300 e. The lowest BCUT2D eigenvalue weighted by Crippen LogP contribution is -2.29. The Morgan fingerprint density at radius 2 is 1.73 bits per heavy atom. The molecule has 7 nitrogen and oxygen atoms in total. The van der Waals surface area contributed by atoms with E-state index in [-0.39, 0.29) is 16.9 Å². The summed E-state index contributed by atoms with van der Waals surface area (Å²) < 4.78 is 10.6. The first-order valence-corrected chi connectivity index (χ1v) is 10.4. The van der Waals surface area contributed by atoms with E-state index in [4.69, 9.17) is 9.47 Å². The molecule has 0 bridgehead atoms. The van der Waals surface area contributed by atoms with Gasteiger partial charge < -0.3 is 14.6 Å². The lowest BCUT2D eigenvalue weighted by atomic mass is 9.95. The Kier molecular flexibility index (Phi) is 5.87. The van der Waals surface area contributed by atoms with Gasteiger partial charge in [-0.25, -0.2) is 0 Å². The minimum absolute atomic E-state index is 0.0318. The number of pyridine rings is 1. The Morgan fingerprint density at radius 3 is 2.33 bits per heavy atom. The summed E-state index contributed by atoms with van der Waals surface area (Å²) in [6.07, 6.45) is 3.20. The van der Waals surface area contributed by atoms with Crippen LogP contribution < -0.4 is 14.4 Å². The van der Waals surface area contributed by atoms with Crippen LogP contribution in [-0.4, -0.2) is 36.0 Å². The number of amides is 1. The fourth-order valence-corrected chi connectivity index (χ4v) is 4.18. The van der Waals surface area contributed by atoms with Crippen molar-refractivity contribution >= 4 is 23.1 Å². The zero-order valence-electron chi connectivity index (χ0n) is 18.8. The molecule has 2 aromatic carbocycles. The number of ether oxygens (including phenoxy) is 2. The molecule has 7 heteroatoms. The molecule has 1 atom stereocenters. The summed E-state index contributed by atoms with van der Waals surface area (Å²) in [7, 11) is 2.98. The molecule has 0 radical (unpaired) electrons. The highest BCUT2D eigenvalue weighted by Gasteiger charge is 2.47. The molecule has 0 saturated carbocycles. The van der Waals surface area contributed by atoms with Crippen LogP contribution in [0.15, 0.2) is 66.5 Å². The van der Waals surface area contributed by atoms with Gasteiger partial charge in [-0.2, -0.15) is 0 Å². The van der Waals surface area contributed by atoms with Crippen LogP contribution in [0, 0.1) is 13.8 Å². The zero-order valence-corrected chi connectivity index (χ0v) is 18.8. The van der Waals surface area contributed by atoms with Crippen molar-refractivity contribution in [1.82, 2.24) is 4.98 Å². The summed E-state index contributed by atoms with van der Waals surface area (Å²) in [5.41, 5.74) is 3.33. The molecule has 1 aromatic heterocycles. The maximum absolute atomic E-state index is 13.3.